The molecular weight excluding hydrogens is 262 g/mol. The molecule has 2 heterocycles. The van der Waals surface area contributed by atoms with E-state index in [1.807, 2.05) is 0 Å². The normalized spacial score (nSPS) is 18.8. The molecule has 3 rings (SSSR count). The predicted molar refractivity (Wildman–Crippen MR) is 83.0 cm³/mol. The van der Waals surface area contributed by atoms with Gasteiger partial charge >= 0.3 is 0 Å². The van der Waals surface area contributed by atoms with E-state index in [2.05, 4.69) is 46.6 Å². The number of rotatable bonds is 5. The first kappa shape index (κ1) is 14.3. The van der Waals surface area contributed by atoms with Gasteiger partial charge in [-0.05, 0) is 50.3 Å². The third-order valence-electron chi connectivity index (χ3n) is 4.25. The molecule has 1 aliphatic rings. The van der Waals surface area contributed by atoms with E-state index in [1.54, 1.807) is 0 Å². The summed E-state index contributed by atoms with van der Waals surface area (Å²) in [6.45, 7) is 4.44. The third-order valence-corrected chi connectivity index (χ3v) is 4.25. The second kappa shape index (κ2) is 6.85. The van der Waals surface area contributed by atoms with E-state index in [-0.39, 0.29) is 0 Å². The zero-order valence-corrected chi connectivity index (χ0v) is 12.6. The molecule has 1 aromatic carbocycles. The monoisotopic (exact) mass is 285 g/mol. The summed E-state index contributed by atoms with van der Waals surface area (Å²) in [4.78, 5) is 4.52. The summed E-state index contributed by atoms with van der Waals surface area (Å²) in [6.07, 6.45) is 5.65. The van der Waals surface area contributed by atoms with Crippen LogP contribution >= 0.6 is 0 Å². The molecule has 0 radical (unpaired) electrons. The van der Waals surface area contributed by atoms with Crippen molar-refractivity contribution < 1.29 is 4.52 Å². The van der Waals surface area contributed by atoms with Crippen molar-refractivity contribution in [3.05, 3.63) is 35.7 Å². The molecule has 0 amide bonds. The molecule has 0 saturated carbocycles. The van der Waals surface area contributed by atoms with Crippen molar-refractivity contribution >= 4 is 0 Å². The molecule has 0 bridgehead atoms. The highest BCUT2D eigenvalue weighted by atomic mass is 16.5. The molecule has 1 aliphatic heterocycles. The summed E-state index contributed by atoms with van der Waals surface area (Å²) < 4.78 is 5.39. The lowest BCUT2D eigenvalue weighted by Crippen LogP contribution is -2.29. The van der Waals surface area contributed by atoms with Crippen molar-refractivity contribution in [3.8, 4) is 11.4 Å². The molecule has 1 unspecified atom stereocenters. The summed E-state index contributed by atoms with van der Waals surface area (Å²) in [5.74, 6) is 2.21. The minimum absolute atomic E-state index is 0.703. The van der Waals surface area contributed by atoms with Crippen molar-refractivity contribution in [3.63, 3.8) is 0 Å². The van der Waals surface area contributed by atoms with Crippen LogP contribution in [-0.2, 0) is 12.8 Å². The molecule has 4 nitrogen and oxygen atoms in total. The standard InChI is InChI=1S/C17H23N3O/c1-2-13-5-8-15(9-6-13)17-19-16(21-20-17)10-7-14-4-3-11-18-12-14/h5-6,8-9,14,18H,2-4,7,10-12H2,1H3. The Morgan fingerprint density at radius 2 is 2.14 bits per heavy atom. The van der Waals surface area contributed by atoms with Crippen LogP contribution in [0.5, 0.6) is 0 Å². The molecule has 112 valence electrons. The van der Waals surface area contributed by atoms with E-state index in [1.165, 1.54) is 18.4 Å². The first-order valence-electron chi connectivity index (χ1n) is 7.97. The average molecular weight is 285 g/mol. The number of piperidine rings is 1. The fraction of sp³-hybridized carbons (Fsp3) is 0.529. The van der Waals surface area contributed by atoms with Crippen LogP contribution in [0.3, 0.4) is 0 Å². The van der Waals surface area contributed by atoms with Crippen LogP contribution in [-0.4, -0.2) is 23.2 Å². The van der Waals surface area contributed by atoms with Crippen LogP contribution in [0.1, 0.15) is 37.6 Å². The minimum Gasteiger partial charge on any atom is -0.339 e. The van der Waals surface area contributed by atoms with Gasteiger partial charge in [-0.2, -0.15) is 4.98 Å². The van der Waals surface area contributed by atoms with Gasteiger partial charge in [0.2, 0.25) is 11.7 Å². The van der Waals surface area contributed by atoms with Gasteiger partial charge in [0.15, 0.2) is 0 Å². The van der Waals surface area contributed by atoms with E-state index >= 15 is 0 Å². The molecule has 1 N–H and O–H groups in total. The number of benzene rings is 1. The number of aryl methyl sites for hydroxylation is 2. The molecule has 1 aromatic heterocycles. The van der Waals surface area contributed by atoms with Gasteiger partial charge in [0.25, 0.3) is 0 Å². The summed E-state index contributed by atoms with van der Waals surface area (Å²) in [5.41, 5.74) is 2.36. The summed E-state index contributed by atoms with van der Waals surface area (Å²) in [6, 6.07) is 8.38. The maximum Gasteiger partial charge on any atom is 0.226 e. The molecule has 1 fully saturated rings. The number of hydrogen-bond acceptors (Lipinski definition) is 4. The first-order valence-corrected chi connectivity index (χ1v) is 7.97. The lowest BCUT2D eigenvalue weighted by Gasteiger charge is -2.21. The minimum atomic E-state index is 0.703. The third kappa shape index (κ3) is 3.70. The maximum atomic E-state index is 5.39. The van der Waals surface area contributed by atoms with Gasteiger partial charge in [-0.3, -0.25) is 0 Å². The van der Waals surface area contributed by atoms with Gasteiger partial charge in [0.05, 0.1) is 0 Å². The van der Waals surface area contributed by atoms with Crippen molar-refractivity contribution in [1.29, 1.82) is 0 Å². The van der Waals surface area contributed by atoms with E-state index in [9.17, 15) is 0 Å². The van der Waals surface area contributed by atoms with Crippen LogP contribution in [0, 0.1) is 5.92 Å². The van der Waals surface area contributed by atoms with Gasteiger partial charge in [0.1, 0.15) is 0 Å². The van der Waals surface area contributed by atoms with Gasteiger partial charge in [-0.1, -0.05) is 36.3 Å². The quantitative estimate of drug-likeness (QED) is 0.916. The first-order chi connectivity index (χ1) is 10.3. The smallest absolute Gasteiger partial charge is 0.226 e. The Morgan fingerprint density at radius 1 is 1.29 bits per heavy atom. The Labute approximate surface area is 126 Å². The topological polar surface area (TPSA) is 51.0 Å². The molecule has 0 aliphatic carbocycles. The van der Waals surface area contributed by atoms with E-state index in [4.69, 9.17) is 4.52 Å². The zero-order chi connectivity index (χ0) is 14.5. The summed E-state index contributed by atoms with van der Waals surface area (Å²) >= 11 is 0. The Hall–Kier alpha value is -1.68. The average Bonchev–Trinajstić information content (AvgIpc) is 3.03. The molecule has 4 heteroatoms. The van der Waals surface area contributed by atoms with Gasteiger partial charge in [-0.15, -0.1) is 0 Å². The summed E-state index contributed by atoms with van der Waals surface area (Å²) in [5, 5.41) is 7.55. The Bertz CT molecular complexity index is 556. The second-order valence-corrected chi connectivity index (χ2v) is 5.81. The molecular formula is C17H23N3O. The SMILES string of the molecule is CCc1ccc(-c2noc(CCC3CCCNC3)n2)cc1. The lowest BCUT2D eigenvalue weighted by molar-refractivity contribution is 0.327. The molecule has 1 atom stereocenters. The van der Waals surface area contributed by atoms with Crippen molar-refractivity contribution in [2.24, 2.45) is 5.92 Å². The van der Waals surface area contributed by atoms with Crippen LogP contribution in [0.2, 0.25) is 0 Å². The van der Waals surface area contributed by atoms with Crippen LogP contribution in [0.4, 0.5) is 0 Å². The van der Waals surface area contributed by atoms with E-state index in [0.29, 0.717) is 5.82 Å². The number of aromatic nitrogens is 2. The number of nitrogens with zero attached hydrogens (tertiary/aromatic N) is 2. The van der Waals surface area contributed by atoms with E-state index < -0.39 is 0 Å². The summed E-state index contributed by atoms with van der Waals surface area (Å²) in [7, 11) is 0. The van der Waals surface area contributed by atoms with Gasteiger partial charge in [-0.25, -0.2) is 0 Å². The predicted octanol–water partition coefficient (Wildman–Crippen LogP) is 3.23. The van der Waals surface area contributed by atoms with Crippen molar-refractivity contribution in [2.75, 3.05) is 13.1 Å². The Balaban J connectivity index is 1.59. The van der Waals surface area contributed by atoms with Crippen molar-refractivity contribution in [2.45, 2.75) is 39.0 Å². The lowest BCUT2D eigenvalue weighted by atomic mass is 9.95. The molecule has 1 saturated heterocycles. The van der Waals surface area contributed by atoms with E-state index in [0.717, 1.165) is 49.7 Å². The van der Waals surface area contributed by atoms with Crippen LogP contribution in [0.25, 0.3) is 11.4 Å². The number of hydrogen-bond donors (Lipinski definition) is 1. The zero-order valence-electron chi connectivity index (χ0n) is 12.6. The van der Waals surface area contributed by atoms with Gasteiger partial charge < -0.3 is 9.84 Å². The molecule has 21 heavy (non-hydrogen) atoms. The molecule has 0 spiro atoms. The van der Waals surface area contributed by atoms with Crippen LogP contribution in [0.15, 0.2) is 28.8 Å². The largest absolute Gasteiger partial charge is 0.339 e. The van der Waals surface area contributed by atoms with Crippen LogP contribution < -0.4 is 5.32 Å². The van der Waals surface area contributed by atoms with Gasteiger partial charge in [0, 0.05) is 12.0 Å². The number of nitrogens with one attached hydrogen (secondary N) is 1. The fourth-order valence-corrected chi connectivity index (χ4v) is 2.86. The highest BCUT2D eigenvalue weighted by molar-refractivity contribution is 5.54. The fourth-order valence-electron chi connectivity index (χ4n) is 2.86. The Kier molecular flexibility index (Phi) is 4.65. The highest BCUT2D eigenvalue weighted by Gasteiger charge is 2.15. The van der Waals surface area contributed by atoms with Crippen molar-refractivity contribution in [1.82, 2.24) is 15.5 Å². The highest BCUT2D eigenvalue weighted by Crippen LogP contribution is 2.20. The Morgan fingerprint density at radius 3 is 2.86 bits per heavy atom. The maximum absolute atomic E-state index is 5.39. The second-order valence-electron chi connectivity index (χ2n) is 5.81. The molecule has 2 aromatic rings.